The van der Waals surface area contributed by atoms with Crippen molar-refractivity contribution >= 4 is 11.8 Å². The Bertz CT molecular complexity index is 933. The second-order valence-electron chi connectivity index (χ2n) is 5.58. The van der Waals surface area contributed by atoms with Gasteiger partial charge in [-0.05, 0) is 72.8 Å². The SMILES string of the molecule is O=C(COc1ccc(F)cc1)Oc1ccc(C(=O)c2ccc(F)cc2)cc1. The number of halogens is 2. The Morgan fingerprint density at radius 3 is 1.67 bits per heavy atom. The highest BCUT2D eigenvalue weighted by atomic mass is 19.1. The fourth-order valence-corrected chi connectivity index (χ4v) is 2.28. The first kappa shape index (κ1) is 18.3. The molecule has 0 atom stereocenters. The molecule has 0 radical (unpaired) electrons. The van der Waals surface area contributed by atoms with Crippen LogP contribution in [0.4, 0.5) is 8.78 Å². The zero-order valence-electron chi connectivity index (χ0n) is 14.0. The summed E-state index contributed by atoms with van der Waals surface area (Å²) in [5.41, 5.74) is 0.734. The van der Waals surface area contributed by atoms with E-state index in [1.807, 2.05) is 0 Å². The number of hydrogen-bond donors (Lipinski definition) is 0. The number of carbonyl (C=O) groups is 2. The van der Waals surface area contributed by atoms with Crippen molar-refractivity contribution < 1.29 is 27.8 Å². The van der Waals surface area contributed by atoms with Crippen molar-refractivity contribution in [3.05, 3.63) is 95.6 Å². The van der Waals surface area contributed by atoms with Crippen molar-refractivity contribution in [3.63, 3.8) is 0 Å². The third kappa shape index (κ3) is 4.98. The van der Waals surface area contributed by atoms with Crippen LogP contribution in [0.25, 0.3) is 0 Å². The Labute approximate surface area is 154 Å². The van der Waals surface area contributed by atoms with Crippen LogP contribution < -0.4 is 9.47 Å². The standard InChI is InChI=1S/C21H14F2O4/c22-16-5-1-14(2-6-16)21(25)15-3-9-19(10-4-15)27-20(24)13-26-18-11-7-17(23)8-12-18/h1-12H,13H2. The Kier molecular flexibility index (Phi) is 5.56. The molecular weight excluding hydrogens is 354 g/mol. The van der Waals surface area contributed by atoms with Crippen molar-refractivity contribution in [2.24, 2.45) is 0 Å². The molecule has 3 aromatic carbocycles. The van der Waals surface area contributed by atoms with Gasteiger partial charge in [0.2, 0.25) is 0 Å². The van der Waals surface area contributed by atoms with E-state index in [0.717, 1.165) is 0 Å². The average molecular weight is 368 g/mol. The maximum Gasteiger partial charge on any atom is 0.349 e. The summed E-state index contributed by atoms with van der Waals surface area (Å²) >= 11 is 0. The van der Waals surface area contributed by atoms with Gasteiger partial charge in [-0.3, -0.25) is 4.79 Å². The molecule has 3 rings (SSSR count). The average Bonchev–Trinajstić information content (AvgIpc) is 2.68. The minimum atomic E-state index is -0.642. The lowest BCUT2D eigenvalue weighted by atomic mass is 10.0. The molecule has 0 aliphatic carbocycles. The molecule has 0 spiro atoms. The Hall–Kier alpha value is -3.54. The largest absolute Gasteiger partial charge is 0.482 e. The van der Waals surface area contributed by atoms with E-state index in [9.17, 15) is 18.4 Å². The van der Waals surface area contributed by atoms with Gasteiger partial charge in [0, 0.05) is 11.1 Å². The highest BCUT2D eigenvalue weighted by Gasteiger charge is 2.11. The lowest BCUT2D eigenvalue weighted by molar-refractivity contribution is -0.136. The van der Waals surface area contributed by atoms with Crippen LogP contribution in [0.5, 0.6) is 11.5 Å². The van der Waals surface area contributed by atoms with E-state index in [1.165, 1.54) is 72.8 Å². The van der Waals surface area contributed by atoms with Crippen LogP contribution in [-0.2, 0) is 4.79 Å². The summed E-state index contributed by atoms with van der Waals surface area (Å²) in [4.78, 5) is 24.1. The van der Waals surface area contributed by atoms with Crippen LogP contribution in [0.15, 0.2) is 72.8 Å². The van der Waals surface area contributed by atoms with Gasteiger partial charge in [0.15, 0.2) is 12.4 Å². The van der Waals surface area contributed by atoms with E-state index < -0.39 is 17.6 Å². The Morgan fingerprint density at radius 1 is 0.667 bits per heavy atom. The number of benzene rings is 3. The molecule has 0 fully saturated rings. The molecule has 6 heteroatoms. The van der Waals surface area contributed by atoms with Gasteiger partial charge < -0.3 is 9.47 Å². The summed E-state index contributed by atoms with van der Waals surface area (Å²) < 4.78 is 36.0. The van der Waals surface area contributed by atoms with Crippen LogP contribution in [-0.4, -0.2) is 18.4 Å². The Morgan fingerprint density at radius 2 is 1.11 bits per heavy atom. The van der Waals surface area contributed by atoms with Crippen molar-refractivity contribution in [1.29, 1.82) is 0 Å². The molecule has 4 nitrogen and oxygen atoms in total. The molecule has 27 heavy (non-hydrogen) atoms. The van der Waals surface area contributed by atoms with E-state index >= 15 is 0 Å². The molecule has 0 aliphatic rings. The van der Waals surface area contributed by atoms with E-state index in [2.05, 4.69) is 0 Å². The number of esters is 1. The minimum absolute atomic E-state index is 0.248. The molecule has 136 valence electrons. The summed E-state index contributed by atoms with van der Waals surface area (Å²) in [6, 6.07) is 16.4. The predicted molar refractivity (Wildman–Crippen MR) is 93.8 cm³/mol. The fraction of sp³-hybridized carbons (Fsp3) is 0.0476. The van der Waals surface area contributed by atoms with Gasteiger partial charge in [-0.15, -0.1) is 0 Å². The lowest BCUT2D eigenvalue weighted by Gasteiger charge is -2.07. The predicted octanol–water partition coefficient (Wildman–Crippen LogP) is 4.18. The van der Waals surface area contributed by atoms with Crippen molar-refractivity contribution in [1.82, 2.24) is 0 Å². The lowest BCUT2D eigenvalue weighted by Crippen LogP contribution is -2.17. The zero-order chi connectivity index (χ0) is 19.2. The first-order chi connectivity index (χ1) is 13.0. The summed E-state index contributed by atoms with van der Waals surface area (Å²) in [5, 5.41) is 0. The zero-order valence-corrected chi connectivity index (χ0v) is 14.0. The van der Waals surface area contributed by atoms with E-state index in [1.54, 1.807) is 0 Å². The first-order valence-electron chi connectivity index (χ1n) is 8.00. The topological polar surface area (TPSA) is 52.6 Å². The number of hydrogen-bond acceptors (Lipinski definition) is 4. The van der Waals surface area contributed by atoms with Gasteiger partial charge in [-0.1, -0.05) is 0 Å². The Balaban J connectivity index is 1.56. The summed E-state index contributed by atoms with van der Waals surface area (Å²) in [7, 11) is 0. The highest BCUT2D eigenvalue weighted by Crippen LogP contribution is 2.17. The molecule has 0 aliphatic heterocycles. The van der Waals surface area contributed by atoms with Gasteiger partial charge in [0.05, 0.1) is 0 Å². The van der Waals surface area contributed by atoms with Crippen molar-refractivity contribution in [3.8, 4) is 11.5 Å². The second-order valence-corrected chi connectivity index (χ2v) is 5.58. The van der Waals surface area contributed by atoms with Gasteiger partial charge in [-0.2, -0.15) is 0 Å². The summed E-state index contributed by atoms with van der Waals surface area (Å²) in [6.07, 6.45) is 0. The molecule has 0 heterocycles. The molecule has 0 aromatic heterocycles. The smallest absolute Gasteiger partial charge is 0.349 e. The number of ketones is 1. The van der Waals surface area contributed by atoms with Crippen LogP contribution in [0.1, 0.15) is 15.9 Å². The van der Waals surface area contributed by atoms with Crippen LogP contribution in [0, 0.1) is 11.6 Å². The molecular formula is C21H14F2O4. The maximum absolute atomic E-state index is 12.9. The van der Waals surface area contributed by atoms with Gasteiger partial charge in [0.1, 0.15) is 23.1 Å². The molecule has 0 N–H and O–H groups in total. The third-order valence-corrected chi connectivity index (χ3v) is 3.62. The van der Waals surface area contributed by atoms with Crippen LogP contribution >= 0.6 is 0 Å². The monoisotopic (exact) mass is 368 g/mol. The molecule has 0 unspecified atom stereocenters. The van der Waals surface area contributed by atoms with Gasteiger partial charge >= 0.3 is 5.97 Å². The molecule has 0 bridgehead atoms. The van der Waals surface area contributed by atoms with Gasteiger partial charge in [0.25, 0.3) is 0 Å². The number of rotatable bonds is 6. The fourth-order valence-electron chi connectivity index (χ4n) is 2.28. The molecule has 0 amide bonds. The van der Waals surface area contributed by atoms with Crippen LogP contribution in [0.3, 0.4) is 0 Å². The number of ether oxygens (including phenoxy) is 2. The summed E-state index contributed by atoms with van der Waals surface area (Å²) in [6.45, 7) is -0.345. The number of carbonyl (C=O) groups excluding carboxylic acids is 2. The molecule has 0 saturated carbocycles. The van der Waals surface area contributed by atoms with Gasteiger partial charge in [-0.25, -0.2) is 13.6 Å². The van der Waals surface area contributed by atoms with E-state index in [4.69, 9.17) is 9.47 Å². The maximum atomic E-state index is 12.9. The van der Waals surface area contributed by atoms with Crippen molar-refractivity contribution in [2.45, 2.75) is 0 Å². The first-order valence-corrected chi connectivity index (χ1v) is 8.00. The molecule has 0 saturated heterocycles. The van der Waals surface area contributed by atoms with E-state index in [-0.39, 0.29) is 18.1 Å². The second kappa shape index (κ2) is 8.23. The summed E-state index contributed by atoms with van der Waals surface area (Å²) in [5.74, 6) is -1.15. The third-order valence-electron chi connectivity index (χ3n) is 3.62. The minimum Gasteiger partial charge on any atom is -0.482 e. The van der Waals surface area contributed by atoms with Crippen molar-refractivity contribution in [2.75, 3.05) is 6.61 Å². The van der Waals surface area contributed by atoms with E-state index in [0.29, 0.717) is 16.9 Å². The quantitative estimate of drug-likeness (QED) is 0.372. The molecule has 3 aromatic rings. The van der Waals surface area contributed by atoms with Crippen LogP contribution in [0.2, 0.25) is 0 Å². The normalized spacial score (nSPS) is 10.3. The highest BCUT2D eigenvalue weighted by molar-refractivity contribution is 6.09.